The Morgan fingerprint density at radius 1 is 1.33 bits per heavy atom. The summed E-state index contributed by atoms with van der Waals surface area (Å²) in [6.45, 7) is 4.77. The third-order valence-corrected chi connectivity index (χ3v) is 6.19. The van der Waals surface area contributed by atoms with Gasteiger partial charge in [-0.05, 0) is 31.9 Å². The van der Waals surface area contributed by atoms with Gasteiger partial charge in [-0.3, -0.25) is 4.79 Å². The third kappa shape index (κ3) is 5.12. The second-order valence-electron chi connectivity index (χ2n) is 6.60. The van der Waals surface area contributed by atoms with Crippen LogP contribution in [0.5, 0.6) is 0 Å². The minimum absolute atomic E-state index is 0. The predicted octanol–water partition coefficient (Wildman–Crippen LogP) is 2.93. The highest BCUT2D eigenvalue weighted by molar-refractivity contribution is 8.00. The Morgan fingerprint density at radius 2 is 2.04 bits per heavy atom. The molecule has 1 saturated carbocycles. The lowest BCUT2D eigenvalue weighted by atomic mass is 10.1. The first-order chi connectivity index (χ1) is 11.2. The molecule has 1 aromatic carbocycles. The summed E-state index contributed by atoms with van der Waals surface area (Å²) in [5.74, 6) is 0.0699. The summed E-state index contributed by atoms with van der Waals surface area (Å²) in [4.78, 5) is 13.6. The summed E-state index contributed by atoms with van der Waals surface area (Å²) in [5.41, 5.74) is 1.28. The first kappa shape index (κ1) is 19.6. The average molecular weight is 371 g/mol. The molecule has 4 nitrogen and oxygen atoms in total. The molecule has 2 fully saturated rings. The molecule has 0 radical (unpaired) electrons. The highest BCUT2D eigenvalue weighted by Crippen LogP contribution is 2.44. The Bertz CT molecular complexity index is 526. The standard InChI is InChI=1S/C18H26N2O2S.ClH/c1-14-4-6-15(7-5-14)23-18(8-2-3-9-18)13-20-17(21)16-12-22-11-10-19-16;/h4-7,16,19H,2-3,8-13H2,1H3,(H,20,21);1H. The zero-order chi connectivity index (χ0) is 16.1. The first-order valence-corrected chi connectivity index (χ1v) is 9.33. The van der Waals surface area contributed by atoms with Gasteiger partial charge in [-0.15, -0.1) is 24.2 Å². The van der Waals surface area contributed by atoms with Gasteiger partial charge in [0.25, 0.3) is 0 Å². The molecule has 1 atom stereocenters. The maximum absolute atomic E-state index is 12.3. The molecule has 24 heavy (non-hydrogen) atoms. The lowest BCUT2D eigenvalue weighted by Crippen LogP contribution is -2.53. The van der Waals surface area contributed by atoms with E-state index in [0.29, 0.717) is 13.2 Å². The minimum atomic E-state index is -0.202. The predicted molar refractivity (Wildman–Crippen MR) is 101 cm³/mol. The van der Waals surface area contributed by atoms with Gasteiger partial charge in [0, 0.05) is 22.7 Å². The number of carbonyl (C=O) groups excluding carboxylic acids is 1. The van der Waals surface area contributed by atoms with Gasteiger partial charge < -0.3 is 15.4 Å². The molecule has 3 rings (SSSR count). The second kappa shape index (κ2) is 9.09. The zero-order valence-corrected chi connectivity index (χ0v) is 15.8. The largest absolute Gasteiger partial charge is 0.378 e. The molecule has 0 spiro atoms. The fourth-order valence-corrected chi connectivity index (χ4v) is 4.71. The summed E-state index contributed by atoms with van der Waals surface area (Å²) in [6.07, 6.45) is 4.83. The fraction of sp³-hybridized carbons (Fsp3) is 0.611. The van der Waals surface area contributed by atoms with E-state index < -0.39 is 0 Å². The molecule has 2 N–H and O–H groups in total. The van der Waals surface area contributed by atoms with E-state index in [1.165, 1.54) is 36.1 Å². The van der Waals surface area contributed by atoms with Crippen LogP contribution in [-0.2, 0) is 9.53 Å². The Labute approximate surface area is 154 Å². The summed E-state index contributed by atoms with van der Waals surface area (Å²) in [7, 11) is 0. The monoisotopic (exact) mass is 370 g/mol. The van der Waals surface area contributed by atoms with E-state index in [0.717, 1.165) is 13.1 Å². The molecule has 1 heterocycles. The number of ether oxygens (including phenoxy) is 1. The molecule has 0 aromatic heterocycles. The van der Waals surface area contributed by atoms with Crippen molar-refractivity contribution in [3.8, 4) is 0 Å². The van der Waals surface area contributed by atoms with Gasteiger partial charge in [-0.25, -0.2) is 0 Å². The van der Waals surface area contributed by atoms with Crippen LogP contribution in [0.25, 0.3) is 0 Å². The molecule has 1 aliphatic carbocycles. The maximum Gasteiger partial charge on any atom is 0.239 e. The summed E-state index contributed by atoms with van der Waals surface area (Å²) < 4.78 is 5.52. The lowest BCUT2D eigenvalue weighted by molar-refractivity contribution is -0.126. The smallest absolute Gasteiger partial charge is 0.239 e. The number of rotatable bonds is 5. The van der Waals surface area contributed by atoms with E-state index in [4.69, 9.17) is 4.74 Å². The zero-order valence-electron chi connectivity index (χ0n) is 14.2. The normalized spacial score (nSPS) is 22.6. The molecular weight excluding hydrogens is 344 g/mol. The number of aryl methyl sites for hydroxylation is 1. The van der Waals surface area contributed by atoms with Crippen LogP contribution in [0.4, 0.5) is 0 Å². The van der Waals surface area contributed by atoms with Gasteiger partial charge in [-0.2, -0.15) is 0 Å². The van der Waals surface area contributed by atoms with Gasteiger partial charge in [0.05, 0.1) is 13.2 Å². The molecule has 6 heteroatoms. The fourth-order valence-electron chi connectivity index (χ4n) is 3.30. The van der Waals surface area contributed by atoms with Crippen molar-refractivity contribution in [1.29, 1.82) is 0 Å². The minimum Gasteiger partial charge on any atom is -0.378 e. The van der Waals surface area contributed by atoms with E-state index in [1.54, 1.807) is 0 Å². The average Bonchev–Trinajstić information content (AvgIpc) is 3.04. The molecule has 2 aliphatic rings. The van der Waals surface area contributed by atoms with Gasteiger partial charge in [-0.1, -0.05) is 30.5 Å². The van der Waals surface area contributed by atoms with Crippen molar-refractivity contribution in [2.24, 2.45) is 0 Å². The van der Waals surface area contributed by atoms with Crippen LogP contribution in [0.15, 0.2) is 29.2 Å². The topological polar surface area (TPSA) is 50.4 Å². The highest BCUT2D eigenvalue weighted by atomic mass is 35.5. The van der Waals surface area contributed by atoms with Gasteiger partial charge in [0.1, 0.15) is 6.04 Å². The van der Waals surface area contributed by atoms with E-state index in [9.17, 15) is 4.79 Å². The van der Waals surface area contributed by atoms with Crippen molar-refractivity contribution >= 4 is 30.1 Å². The van der Waals surface area contributed by atoms with Crippen molar-refractivity contribution in [2.45, 2.75) is 48.3 Å². The maximum atomic E-state index is 12.3. The Balaban J connectivity index is 0.00000208. The molecular formula is C18H27ClN2O2S. The summed E-state index contributed by atoms with van der Waals surface area (Å²) >= 11 is 1.93. The van der Waals surface area contributed by atoms with Crippen LogP contribution in [-0.4, -0.2) is 43.0 Å². The van der Waals surface area contributed by atoms with Crippen LogP contribution < -0.4 is 10.6 Å². The Kier molecular flexibility index (Phi) is 7.41. The Morgan fingerprint density at radius 3 is 2.67 bits per heavy atom. The number of amides is 1. The number of benzene rings is 1. The molecule has 1 aliphatic heterocycles. The van der Waals surface area contributed by atoms with Gasteiger partial charge >= 0.3 is 0 Å². The number of thioether (sulfide) groups is 1. The number of halogens is 1. The molecule has 1 unspecified atom stereocenters. The summed E-state index contributed by atoms with van der Waals surface area (Å²) in [6, 6.07) is 8.50. The highest BCUT2D eigenvalue weighted by Gasteiger charge is 2.36. The number of hydrogen-bond acceptors (Lipinski definition) is 4. The van der Waals surface area contributed by atoms with E-state index in [-0.39, 0.29) is 29.1 Å². The van der Waals surface area contributed by atoms with Gasteiger partial charge in [0.15, 0.2) is 0 Å². The third-order valence-electron chi connectivity index (χ3n) is 4.69. The van der Waals surface area contributed by atoms with Gasteiger partial charge in [0.2, 0.25) is 5.91 Å². The SMILES string of the molecule is Cc1ccc(SC2(CNC(=O)C3COCCN3)CCCC2)cc1.Cl. The van der Waals surface area contributed by atoms with E-state index in [2.05, 4.69) is 41.8 Å². The van der Waals surface area contributed by atoms with E-state index in [1.807, 2.05) is 11.8 Å². The summed E-state index contributed by atoms with van der Waals surface area (Å²) in [5, 5.41) is 6.38. The number of carbonyl (C=O) groups is 1. The molecule has 1 amide bonds. The first-order valence-electron chi connectivity index (χ1n) is 8.51. The molecule has 1 aromatic rings. The molecule has 134 valence electrons. The van der Waals surface area contributed by atoms with Crippen molar-refractivity contribution < 1.29 is 9.53 Å². The van der Waals surface area contributed by atoms with Crippen molar-refractivity contribution in [3.63, 3.8) is 0 Å². The Hall–Kier alpha value is -0.750. The second-order valence-corrected chi connectivity index (χ2v) is 8.15. The lowest BCUT2D eigenvalue weighted by Gasteiger charge is -2.30. The van der Waals surface area contributed by atoms with Crippen molar-refractivity contribution in [2.75, 3.05) is 26.3 Å². The van der Waals surface area contributed by atoms with Crippen molar-refractivity contribution in [1.82, 2.24) is 10.6 Å². The number of morpholine rings is 1. The van der Waals surface area contributed by atoms with Crippen LogP contribution in [0.2, 0.25) is 0 Å². The van der Waals surface area contributed by atoms with Crippen LogP contribution in [0.3, 0.4) is 0 Å². The number of hydrogen-bond donors (Lipinski definition) is 2. The molecule has 1 saturated heterocycles. The quantitative estimate of drug-likeness (QED) is 0.836. The van der Waals surface area contributed by atoms with Crippen LogP contribution >= 0.6 is 24.2 Å². The van der Waals surface area contributed by atoms with Crippen LogP contribution in [0, 0.1) is 6.92 Å². The van der Waals surface area contributed by atoms with Crippen molar-refractivity contribution in [3.05, 3.63) is 29.8 Å². The number of nitrogens with one attached hydrogen (secondary N) is 2. The van der Waals surface area contributed by atoms with E-state index >= 15 is 0 Å². The van der Waals surface area contributed by atoms with Crippen LogP contribution in [0.1, 0.15) is 31.2 Å². The molecule has 0 bridgehead atoms.